The Hall–Kier alpha value is -4.40. The van der Waals surface area contributed by atoms with Crippen LogP contribution in [-0.4, -0.2) is 26.4 Å². The van der Waals surface area contributed by atoms with E-state index >= 15 is 0 Å². The SMILES string of the molecule is COc1ccc(/C=C(\C#N)C(=O)Nc2cc([N+](=O)[O-])ccc2Cl)cc1OS(=O)(=O)c1ccccc1. The van der Waals surface area contributed by atoms with E-state index in [4.69, 9.17) is 20.5 Å². The minimum absolute atomic E-state index is 0.0347. The van der Waals surface area contributed by atoms with Crippen molar-refractivity contribution in [2.45, 2.75) is 4.90 Å². The van der Waals surface area contributed by atoms with Gasteiger partial charge < -0.3 is 14.2 Å². The molecule has 1 amide bonds. The minimum atomic E-state index is -4.18. The Morgan fingerprint density at radius 3 is 2.46 bits per heavy atom. The predicted molar refractivity (Wildman–Crippen MR) is 128 cm³/mol. The summed E-state index contributed by atoms with van der Waals surface area (Å²) in [5, 5.41) is 22.8. The van der Waals surface area contributed by atoms with Gasteiger partial charge in [-0.2, -0.15) is 13.7 Å². The topological polar surface area (TPSA) is 149 Å². The molecule has 0 fully saturated rings. The smallest absolute Gasteiger partial charge is 0.339 e. The van der Waals surface area contributed by atoms with Gasteiger partial charge >= 0.3 is 10.1 Å². The van der Waals surface area contributed by atoms with Crippen molar-refractivity contribution in [1.82, 2.24) is 0 Å². The van der Waals surface area contributed by atoms with E-state index in [-0.39, 0.29) is 43.9 Å². The number of nitro groups is 1. The minimum Gasteiger partial charge on any atom is -0.493 e. The molecule has 3 rings (SSSR count). The number of anilines is 1. The van der Waals surface area contributed by atoms with Crippen LogP contribution in [0.2, 0.25) is 5.02 Å². The maximum absolute atomic E-state index is 12.6. The number of amides is 1. The quantitative estimate of drug-likeness (QED) is 0.151. The average molecular weight is 514 g/mol. The number of halogens is 1. The average Bonchev–Trinajstić information content (AvgIpc) is 2.84. The fraction of sp³-hybridized carbons (Fsp3) is 0.0435. The van der Waals surface area contributed by atoms with E-state index in [2.05, 4.69) is 5.32 Å². The van der Waals surface area contributed by atoms with Gasteiger partial charge in [0.15, 0.2) is 11.5 Å². The van der Waals surface area contributed by atoms with Crippen LogP contribution in [0, 0.1) is 21.4 Å². The van der Waals surface area contributed by atoms with Gasteiger partial charge in [-0.3, -0.25) is 14.9 Å². The first-order valence-corrected chi connectivity index (χ1v) is 11.5. The van der Waals surface area contributed by atoms with Crippen molar-refractivity contribution in [3.63, 3.8) is 0 Å². The van der Waals surface area contributed by atoms with Gasteiger partial charge in [0, 0.05) is 12.1 Å². The van der Waals surface area contributed by atoms with Crippen LogP contribution < -0.4 is 14.2 Å². The highest BCUT2D eigenvalue weighted by Crippen LogP contribution is 2.32. The molecule has 12 heteroatoms. The van der Waals surface area contributed by atoms with Crippen LogP contribution >= 0.6 is 11.6 Å². The first-order chi connectivity index (χ1) is 16.6. The molecule has 3 aromatic carbocycles. The van der Waals surface area contributed by atoms with E-state index in [1.54, 1.807) is 12.1 Å². The maximum Gasteiger partial charge on any atom is 0.339 e. The number of ether oxygens (including phenoxy) is 1. The summed E-state index contributed by atoms with van der Waals surface area (Å²) in [5.74, 6) is -0.942. The first kappa shape index (κ1) is 25.2. The van der Waals surface area contributed by atoms with Crippen molar-refractivity contribution in [2.24, 2.45) is 0 Å². The molecule has 0 heterocycles. The molecule has 1 N–H and O–H groups in total. The van der Waals surface area contributed by atoms with Crippen LogP contribution in [0.25, 0.3) is 6.08 Å². The third kappa shape index (κ3) is 6.14. The predicted octanol–water partition coefficient (Wildman–Crippen LogP) is 4.57. The molecule has 0 saturated carbocycles. The number of nitriles is 1. The number of nitro benzene ring substituents is 1. The summed E-state index contributed by atoms with van der Waals surface area (Å²) in [5.41, 5.74) is -0.487. The molecule has 0 radical (unpaired) electrons. The van der Waals surface area contributed by atoms with Gasteiger partial charge in [0.1, 0.15) is 16.5 Å². The van der Waals surface area contributed by atoms with Crippen LogP contribution in [0.5, 0.6) is 11.5 Å². The maximum atomic E-state index is 12.6. The van der Waals surface area contributed by atoms with E-state index in [1.807, 2.05) is 0 Å². The van der Waals surface area contributed by atoms with Crippen LogP contribution in [0.1, 0.15) is 5.56 Å². The highest BCUT2D eigenvalue weighted by molar-refractivity contribution is 7.87. The van der Waals surface area contributed by atoms with Crippen molar-refractivity contribution < 1.29 is 27.1 Å². The number of carbonyl (C=O) groups excluding carboxylic acids is 1. The van der Waals surface area contributed by atoms with Crippen molar-refractivity contribution in [2.75, 3.05) is 12.4 Å². The molecule has 0 saturated heterocycles. The third-order valence-corrected chi connectivity index (χ3v) is 6.08. The molecule has 10 nitrogen and oxygen atoms in total. The lowest BCUT2D eigenvalue weighted by molar-refractivity contribution is -0.384. The van der Waals surface area contributed by atoms with Crippen molar-refractivity contribution in [1.29, 1.82) is 5.26 Å². The van der Waals surface area contributed by atoms with Gasteiger partial charge in [-0.25, -0.2) is 0 Å². The molecule has 0 spiro atoms. The highest BCUT2D eigenvalue weighted by Gasteiger charge is 2.20. The van der Waals surface area contributed by atoms with Crippen molar-refractivity contribution >= 4 is 45.1 Å². The lowest BCUT2D eigenvalue weighted by atomic mass is 10.1. The number of hydrogen-bond donors (Lipinski definition) is 1. The number of non-ortho nitro benzene ring substituents is 1. The number of rotatable bonds is 8. The van der Waals surface area contributed by atoms with Crippen LogP contribution in [0.3, 0.4) is 0 Å². The monoisotopic (exact) mass is 513 g/mol. The number of nitrogens with one attached hydrogen (secondary N) is 1. The zero-order valence-electron chi connectivity index (χ0n) is 18.0. The molecule has 0 bridgehead atoms. The van der Waals surface area contributed by atoms with Gasteiger partial charge in [0.25, 0.3) is 11.6 Å². The van der Waals surface area contributed by atoms with E-state index in [9.17, 15) is 28.6 Å². The second-order valence-electron chi connectivity index (χ2n) is 6.81. The molecule has 3 aromatic rings. The molecule has 0 atom stereocenters. The third-order valence-electron chi connectivity index (χ3n) is 4.50. The number of nitrogens with zero attached hydrogens (tertiary/aromatic N) is 2. The second kappa shape index (κ2) is 10.7. The number of carbonyl (C=O) groups is 1. The summed E-state index contributed by atoms with van der Waals surface area (Å²) < 4.78 is 35.6. The fourth-order valence-electron chi connectivity index (χ4n) is 2.83. The van der Waals surface area contributed by atoms with E-state index in [0.717, 1.165) is 6.07 Å². The molecular formula is C23H16ClN3O7S. The standard InChI is InChI=1S/C23H16ClN3O7S/c1-33-21-10-7-15(12-22(21)34-35(31,32)18-5-3-2-4-6-18)11-16(14-25)23(28)26-20-13-17(27(29)30)8-9-19(20)24/h2-13H,1H3,(H,26,28)/b16-11+. The zero-order chi connectivity index (χ0) is 25.6. The van der Waals surface area contributed by atoms with Gasteiger partial charge in [0.05, 0.1) is 22.7 Å². The Balaban J connectivity index is 1.91. The van der Waals surface area contributed by atoms with Gasteiger partial charge in [-0.1, -0.05) is 35.9 Å². The Morgan fingerprint density at radius 2 is 1.83 bits per heavy atom. The zero-order valence-corrected chi connectivity index (χ0v) is 19.5. The van der Waals surface area contributed by atoms with Gasteiger partial charge in [0.2, 0.25) is 0 Å². The molecule has 0 aliphatic heterocycles. The van der Waals surface area contributed by atoms with Crippen LogP contribution in [0.15, 0.2) is 77.2 Å². The van der Waals surface area contributed by atoms with E-state index in [0.29, 0.717) is 0 Å². The molecule has 0 aliphatic carbocycles. The summed E-state index contributed by atoms with van der Waals surface area (Å²) in [6.07, 6.45) is 1.18. The second-order valence-corrected chi connectivity index (χ2v) is 8.76. The summed E-state index contributed by atoms with van der Waals surface area (Å²) >= 11 is 5.99. The molecular weight excluding hydrogens is 498 g/mol. The fourth-order valence-corrected chi connectivity index (χ4v) is 3.95. The van der Waals surface area contributed by atoms with Crippen molar-refractivity contribution in [3.05, 3.63) is 93.0 Å². The van der Waals surface area contributed by atoms with Gasteiger partial charge in [-0.15, -0.1) is 0 Å². The van der Waals surface area contributed by atoms with Gasteiger partial charge in [-0.05, 0) is 42.0 Å². The lowest BCUT2D eigenvalue weighted by Crippen LogP contribution is -2.14. The molecule has 0 aliphatic rings. The van der Waals surface area contributed by atoms with E-state index in [1.165, 1.54) is 67.8 Å². The highest BCUT2D eigenvalue weighted by atomic mass is 35.5. The van der Waals surface area contributed by atoms with Crippen LogP contribution in [-0.2, 0) is 14.9 Å². The van der Waals surface area contributed by atoms with Crippen LogP contribution in [0.4, 0.5) is 11.4 Å². The molecule has 178 valence electrons. The lowest BCUT2D eigenvalue weighted by Gasteiger charge is -2.12. The number of benzene rings is 3. The summed E-state index contributed by atoms with van der Waals surface area (Å²) in [7, 11) is -2.86. The molecule has 35 heavy (non-hydrogen) atoms. The van der Waals surface area contributed by atoms with Crippen molar-refractivity contribution in [3.8, 4) is 17.6 Å². The Labute approximate surface area is 205 Å². The summed E-state index contributed by atoms with van der Waals surface area (Å²) in [6, 6.07) is 16.8. The Bertz CT molecular complexity index is 1470. The van der Waals surface area contributed by atoms with E-state index < -0.39 is 20.9 Å². The Morgan fingerprint density at radius 1 is 1.11 bits per heavy atom. The summed E-state index contributed by atoms with van der Waals surface area (Å²) in [6.45, 7) is 0. The number of methoxy groups -OCH3 is 1. The number of hydrogen-bond acceptors (Lipinski definition) is 8. The normalized spacial score (nSPS) is 11.3. The molecule has 0 unspecified atom stereocenters. The Kier molecular flexibility index (Phi) is 7.70. The summed E-state index contributed by atoms with van der Waals surface area (Å²) in [4.78, 5) is 22.9. The first-order valence-electron chi connectivity index (χ1n) is 9.69. The molecule has 0 aromatic heterocycles. The largest absolute Gasteiger partial charge is 0.493 e.